The minimum Gasteiger partial charge on any atom is -0.338 e. The Morgan fingerprint density at radius 1 is 0.968 bits per heavy atom. The third-order valence-electron chi connectivity index (χ3n) is 6.00. The number of piperazine rings is 1. The zero-order chi connectivity index (χ0) is 22.6. The van der Waals surface area contributed by atoms with Gasteiger partial charge in [0.1, 0.15) is 6.04 Å². The minimum absolute atomic E-state index is 0.0412. The van der Waals surface area contributed by atoms with Crippen molar-refractivity contribution >= 4 is 26.0 Å². The highest BCUT2D eigenvalue weighted by molar-refractivity contribution is 7.91. The first-order valence-corrected chi connectivity index (χ1v) is 13.9. The Morgan fingerprint density at radius 2 is 1.52 bits per heavy atom. The molecule has 9 nitrogen and oxygen atoms in total. The predicted octanol–water partition coefficient (Wildman–Crippen LogP) is 0.189. The van der Waals surface area contributed by atoms with Crippen molar-refractivity contribution in [2.45, 2.75) is 19.9 Å². The Hall–Kier alpha value is -1.53. The largest absolute Gasteiger partial charge is 0.338 e. The van der Waals surface area contributed by atoms with Crippen molar-refractivity contribution in [3.63, 3.8) is 0 Å². The van der Waals surface area contributed by atoms with Crippen LogP contribution in [0.5, 0.6) is 0 Å². The van der Waals surface area contributed by atoms with E-state index in [-0.39, 0.29) is 30.5 Å². The lowest BCUT2D eigenvalue weighted by molar-refractivity contribution is -0.138. The normalized spacial score (nSPS) is 21.8. The second-order valence-corrected chi connectivity index (χ2v) is 12.0. The molecule has 0 radical (unpaired) electrons. The van der Waals surface area contributed by atoms with E-state index in [1.165, 1.54) is 8.61 Å². The highest BCUT2D eigenvalue weighted by atomic mass is 32.2. The molecule has 1 amide bonds. The number of benzene rings is 1. The first-order chi connectivity index (χ1) is 14.7. The third-order valence-corrected chi connectivity index (χ3v) is 9.80. The van der Waals surface area contributed by atoms with Crippen LogP contribution in [0.25, 0.3) is 0 Å². The Bertz CT molecular complexity index is 943. The second-order valence-electron chi connectivity index (χ2n) is 7.82. The molecule has 1 atom stereocenters. The molecule has 31 heavy (non-hydrogen) atoms. The fraction of sp³-hybridized carbons (Fsp3) is 0.650. The van der Waals surface area contributed by atoms with Gasteiger partial charge in [0.2, 0.25) is 5.91 Å². The summed E-state index contributed by atoms with van der Waals surface area (Å²) in [6, 6.07) is 8.81. The van der Waals surface area contributed by atoms with Crippen LogP contribution in [0.2, 0.25) is 0 Å². The van der Waals surface area contributed by atoms with E-state index in [1.807, 2.05) is 49.1 Å². The van der Waals surface area contributed by atoms with E-state index in [0.29, 0.717) is 39.3 Å². The molecule has 0 spiro atoms. The summed E-state index contributed by atoms with van der Waals surface area (Å²) in [5, 5.41) is 0. The van der Waals surface area contributed by atoms with Crippen LogP contribution in [0, 0.1) is 0 Å². The van der Waals surface area contributed by atoms with Gasteiger partial charge in [-0.15, -0.1) is 0 Å². The first kappa shape index (κ1) is 24.1. The van der Waals surface area contributed by atoms with Crippen molar-refractivity contribution in [1.82, 2.24) is 18.4 Å². The van der Waals surface area contributed by atoms with Gasteiger partial charge in [0.15, 0.2) is 9.84 Å². The molecule has 2 saturated heterocycles. The second kappa shape index (κ2) is 9.95. The lowest BCUT2D eigenvalue weighted by atomic mass is 10.0. The van der Waals surface area contributed by atoms with Crippen LogP contribution in [0.4, 0.5) is 0 Å². The monoisotopic (exact) mass is 472 g/mol. The van der Waals surface area contributed by atoms with Gasteiger partial charge < -0.3 is 4.90 Å². The molecule has 2 heterocycles. The van der Waals surface area contributed by atoms with Gasteiger partial charge >= 0.3 is 0 Å². The summed E-state index contributed by atoms with van der Waals surface area (Å²) in [4.78, 5) is 17.2. The molecule has 0 N–H and O–H groups in total. The Labute approximate surface area is 185 Å². The summed E-state index contributed by atoms with van der Waals surface area (Å²) < 4.78 is 52.1. The molecule has 0 aromatic heterocycles. The van der Waals surface area contributed by atoms with Crippen molar-refractivity contribution in [2.75, 3.05) is 63.9 Å². The Morgan fingerprint density at radius 3 is 2.03 bits per heavy atom. The van der Waals surface area contributed by atoms with E-state index in [4.69, 9.17) is 0 Å². The SMILES string of the molecule is CCN(CC)S(=O)(=O)N1CCN(C(=O)C(c2ccccc2)N2CCS(=O)(=O)CC2)CC1. The summed E-state index contributed by atoms with van der Waals surface area (Å²) in [7, 11) is -6.59. The van der Waals surface area contributed by atoms with E-state index in [1.54, 1.807) is 4.90 Å². The van der Waals surface area contributed by atoms with Crippen LogP contribution >= 0.6 is 0 Å². The summed E-state index contributed by atoms with van der Waals surface area (Å²) in [5.74, 6) is -0.0238. The highest BCUT2D eigenvalue weighted by Crippen LogP contribution is 2.26. The van der Waals surface area contributed by atoms with E-state index in [2.05, 4.69) is 0 Å². The molecule has 1 unspecified atom stereocenters. The molecule has 2 aliphatic heterocycles. The van der Waals surface area contributed by atoms with Crippen LogP contribution in [0.15, 0.2) is 30.3 Å². The highest BCUT2D eigenvalue weighted by Gasteiger charge is 2.38. The maximum absolute atomic E-state index is 13.5. The van der Waals surface area contributed by atoms with Gasteiger partial charge in [-0.05, 0) is 5.56 Å². The van der Waals surface area contributed by atoms with Crippen LogP contribution in [-0.4, -0.2) is 105 Å². The zero-order valence-electron chi connectivity index (χ0n) is 18.2. The van der Waals surface area contributed by atoms with Crippen molar-refractivity contribution in [3.05, 3.63) is 35.9 Å². The average molecular weight is 473 g/mol. The first-order valence-electron chi connectivity index (χ1n) is 10.7. The fourth-order valence-corrected chi connectivity index (χ4v) is 6.99. The number of hydrogen-bond donors (Lipinski definition) is 0. The third kappa shape index (κ3) is 5.46. The van der Waals surface area contributed by atoms with E-state index in [0.717, 1.165) is 5.56 Å². The van der Waals surface area contributed by atoms with E-state index >= 15 is 0 Å². The number of hydrogen-bond acceptors (Lipinski definition) is 6. The minimum atomic E-state index is -3.53. The number of nitrogens with zero attached hydrogens (tertiary/aromatic N) is 4. The van der Waals surface area contributed by atoms with Crippen LogP contribution < -0.4 is 0 Å². The topological polar surface area (TPSA) is 98.3 Å². The molecular formula is C20H32N4O5S2. The van der Waals surface area contributed by atoms with E-state index < -0.39 is 26.1 Å². The van der Waals surface area contributed by atoms with Gasteiger partial charge in [0, 0.05) is 52.4 Å². The zero-order valence-corrected chi connectivity index (χ0v) is 19.8. The maximum Gasteiger partial charge on any atom is 0.282 e. The predicted molar refractivity (Wildman–Crippen MR) is 119 cm³/mol. The van der Waals surface area contributed by atoms with Crippen LogP contribution in [0.3, 0.4) is 0 Å². The molecule has 1 aromatic carbocycles. The lowest BCUT2D eigenvalue weighted by Crippen LogP contribution is -2.56. The van der Waals surface area contributed by atoms with Gasteiger partial charge in [-0.25, -0.2) is 8.42 Å². The number of carbonyl (C=O) groups excluding carboxylic acids is 1. The molecule has 0 saturated carbocycles. The Balaban J connectivity index is 1.74. The number of carbonyl (C=O) groups is 1. The Kier molecular flexibility index (Phi) is 7.74. The van der Waals surface area contributed by atoms with Gasteiger partial charge in [-0.1, -0.05) is 44.2 Å². The molecule has 0 aliphatic carbocycles. The fourth-order valence-electron chi connectivity index (χ4n) is 4.15. The van der Waals surface area contributed by atoms with Crippen molar-refractivity contribution in [1.29, 1.82) is 0 Å². The standard InChI is InChI=1S/C20H32N4O5S2/c1-3-23(4-2)31(28,29)24-12-10-22(11-13-24)20(25)19(18-8-6-5-7-9-18)21-14-16-30(26,27)17-15-21/h5-9,19H,3-4,10-17H2,1-2H3. The maximum atomic E-state index is 13.5. The lowest BCUT2D eigenvalue weighted by Gasteiger charge is -2.40. The number of sulfone groups is 1. The molecule has 3 rings (SSSR count). The van der Waals surface area contributed by atoms with Gasteiger partial charge in [0.05, 0.1) is 11.5 Å². The molecule has 2 fully saturated rings. The summed E-state index contributed by atoms with van der Waals surface area (Å²) >= 11 is 0. The molecular weight excluding hydrogens is 440 g/mol. The molecule has 0 bridgehead atoms. The summed E-state index contributed by atoms with van der Waals surface area (Å²) in [6.45, 7) is 6.18. The van der Waals surface area contributed by atoms with Gasteiger partial charge in [-0.3, -0.25) is 9.69 Å². The summed E-state index contributed by atoms with van der Waals surface area (Å²) in [5.41, 5.74) is 0.824. The van der Waals surface area contributed by atoms with Crippen LogP contribution in [-0.2, 0) is 24.8 Å². The average Bonchev–Trinajstić information content (AvgIpc) is 2.76. The van der Waals surface area contributed by atoms with Gasteiger partial charge in [0.25, 0.3) is 10.2 Å². The van der Waals surface area contributed by atoms with Crippen molar-refractivity contribution in [2.24, 2.45) is 0 Å². The van der Waals surface area contributed by atoms with Crippen LogP contribution in [0.1, 0.15) is 25.5 Å². The molecule has 1 aromatic rings. The number of amides is 1. The van der Waals surface area contributed by atoms with Crippen molar-refractivity contribution < 1.29 is 21.6 Å². The van der Waals surface area contributed by atoms with Gasteiger partial charge in [-0.2, -0.15) is 17.0 Å². The van der Waals surface area contributed by atoms with E-state index in [9.17, 15) is 21.6 Å². The molecule has 11 heteroatoms. The smallest absolute Gasteiger partial charge is 0.282 e. The van der Waals surface area contributed by atoms with Crippen molar-refractivity contribution in [3.8, 4) is 0 Å². The summed E-state index contributed by atoms with van der Waals surface area (Å²) in [6.07, 6.45) is 0. The quantitative estimate of drug-likeness (QED) is 0.562. The number of rotatable bonds is 7. The molecule has 2 aliphatic rings. The molecule has 174 valence electrons.